The number of phenols is 2. The van der Waals surface area contributed by atoms with Gasteiger partial charge in [-0.15, -0.1) is 25.3 Å². The van der Waals surface area contributed by atoms with E-state index in [9.17, 15) is 30.0 Å². The first kappa shape index (κ1) is 28.9. The van der Waals surface area contributed by atoms with Crippen molar-refractivity contribution in [2.45, 2.75) is 93.3 Å². The van der Waals surface area contributed by atoms with E-state index in [1.54, 1.807) is 12.1 Å². The Morgan fingerprint density at radius 1 is 0.686 bits per heavy atom. The molecule has 2 rings (SSSR count). The first-order valence-electron chi connectivity index (χ1n) is 11.5. The van der Waals surface area contributed by atoms with Gasteiger partial charge in [-0.25, -0.2) is 0 Å². The summed E-state index contributed by atoms with van der Waals surface area (Å²) in [6.45, 7) is 11.7. The molecule has 2 aromatic carbocycles. The minimum absolute atomic E-state index is 0.0333. The summed E-state index contributed by atoms with van der Waals surface area (Å²) in [7, 11) is 0. The summed E-state index contributed by atoms with van der Waals surface area (Å²) in [5.41, 5.74) is 0.600. The van der Waals surface area contributed by atoms with E-state index in [0.717, 1.165) is 0 Å². The SMILES string of the molecule is CC(C)(C)c1cc(C(CCC(=O)O)(CCC(=O)O)c2cc(S)c(O)c(C(C)(C)C)c2)cc(S)c1O. The maximum absolute atomic E-state index is 11.7. The van der Waals surface area contributed by atoms with Crippen LogP contribution in [0.3, 0.4) is 0 Å². The fraction of sp³-hybridized carbons (Fsp3) is 0.481. The van der Waals surface area contributed by atoms with E-state index in [-0.39, 0.29) is 37.2 Å². The molecule has 0 fully saturated rings. The molecule has 0 amide bonds. The van der Waals surface area contributed by atoms with Crippen molar-refractivity contribution in [3.8, 4) is 11.5 Å². The van der Waals surface area contributed by atoms with Gasteiger partial charge in [0.05, 0.1) is 0 Å². The Labute approximate surface area is 218 Å². The molecule has 4 N–H and O–H groups in total. The highest BCUT2D eigenvalue weighted by molar-refractivity contribution is 7.80. The minimum Gasteiger partial charge on any atom is -0.506 e. The van der Waals surface area contributed by atoms with Crippen molar-refractivity contribution in [2.75, 3.05) is 0 Å². The van der Waals surface area contributed by atoms with Gasteiger partial charge >= 0.3 is 11.9 Å². The third kappa shape index (κ3) is 6.47. The summed E-state index contributed by atoms with van der Waals surface area (Å²) in [5.74, 6) is -1.95. The van der Waals surface area contributed by atoms with Gasteiger partial charge in [-0.05, 0) is 46.9 Å². The molecule has 0 aliphatic rings. The Balaban J connectivity index is 3.02. The van der Waals surface area contributed by atoms with Gasteiger partial charge in [0.25, 0.3) is 0 Å². The van der Waals surface area contributed by atoms with Crippen LogP contribution in [0.15, 0.2) is 34.1 Å². The quantitative estimate of drug-likeness (QED) is 0.228. The molecule has 8 heteroatoms. The molecule has 0 heterocycles. The largest absolute Gasteiger partial charge is 0.506 e. The number of hydrogen-bond donors (Lipinski definition) is 6. The molecule has 6 nitrogen and oxygen atoms in total. The average molecular weight is 521 g/mol. The second kappa shape index (κ2) is 10.3. The predicted molar refractivity (Wildman–Crippen MR) is 143 cm³/mol. The van der Waals surface area contributed by atoms with E-state index in [0.29, 0.717) is 32.0 Å². The van der Waals surface area contributed by atoms with Crippen LogP contribution in [0.25, 0.3) is 0 Å². The number of phenolic OH excluding ortho intramolecular Hbond substituents is 2. The second-order valence-corrected chi connectivity index (χ2v) is 12.1. The van der Waals surface area contributed by atoms with Crippen LogP contribution in [0.2, 0.25) is 0 Å². The molecule has 0 unspecified atom stereocenters. The molecule has 0 aliphatic heterocycles. The van der Waals surface area contributed by atoms with Crippen molar-refractivity contribution in [3.05, 3.63) is 46.5 Å². The summed E-state index contributed by atoms with van der Waals surface area (Å²) in [6, 6.07) is 7.00. The third-order valence-corrected chi connectivity index (χ3v) is 7.11. The monoisotopic (exact) mass is 520 g/mol. The number of aliphatic carboxylic acids is 2. The second-order valence-electron chi connectivity index (χ2n) is 11.2. The average Bonchev–Trinajstić information content (AvgIpc) is 2.70. The zero-order valence-electron chi connectivity index (χ0n) is 21.1. The van der Waals surface area contributed by atoms with Gasteiger partial charge in [-0.3, -0.25) is 9.59 Å². The topological polar surface area (TPSA) is 115 Å². The van der Waals surface area contributed by atoms with Crippen LogP contribution >= 0.6 is 25.3 Å². The van der Waals surface area contributed by atoms with Gasteiger partial charge in [0.2, 0.25) is 0 Å². The van der Waals surface area contributed by atoms with Gasteiger partial charge in [0.15, 0.2) is 0 Å². The molecule has 0 saturated carbocycles. The van der Waals surface area contributed by atoms with Crippen molar-refractivity contribution in [1.82, 2.24) is 0 Å². The Kier molecular flexibility index (Phi) is 8.55. The van der Waals surface area contributed by atoms with Crippen LogP contribution in [-0.2, 0) is 25.8 Å². The molecule has 0 bridgehead atoms. The van der Waals surface area contributed by atoms with Crippen LogP contribution in [0.5, 0.6) is 11.5 Å². The van der Waals surface area contributed by atoms with E-state index in [4.69, 9.17) is 0 Å². The van der Waals surface area contributed by atoms with Crippen molar-refractivity contribution in [1.29, 1.82) is 0 Å². The number of hydrogen-bond acceptors (Lipinski definition) is 6. The maximum atomic E-state index is 11.7. The van der Waals surface area contributed by atoms with E-state index < -0.39 is 28.2 Å². The lowest BCUT2D eigenvalue weighted by molar-refractivity contribution is -0.137. The number of carbonyl (C=O) groups is 2. The van der Waals surface area contributed by atoms with Crippen LogP contribution in [0.1, 0.15) is 89.5 Å². The Hall–Kier alpha value is -2.32. The van der Waals surface area contributed by atoms with E-state index in [1.807, 2.05) is 53.7 Å². The predicted octanol–water partition coefficient (Wildman–Crippen LogP) is 6.29. The Morgan fingerprint density at radius 3 is 1.26 bits per heavy atom. The molecule has 35 heavy (non-hydrogen) atoms. The van der Waals surface area contributed by atoms with Gasteiger partial charge in [0.1, 0.15) is 11.5 Å². The molecule has 0 atom stereocenters. The lowest BCUT2D eigenvalue weighted by atomic mass is 9.66. The van der Waals surface area contributed by atoms with Gasteiger partial charge in [-0.2, -0.15) is 0 Å². The summed E-state index contributed by atoms with van der Waals surface area (Å²) >= 11 is 8.99. The third-order valence-electron chi connectivity index (χ3n) is 6.43. The van der Waals surface area contributed by atoms with Gasteiger partial charge in [-0.1, -0.05) is 53.7 Å². The fourth-order valence-corrected chi connectivity index (χ4v) is 4.96. The zero-order valence-corrected chi connectivity index (χ0v) is 22.9. The normalized spacial score (nSPS) is 12.6. The highest BCUT2D eigenvalue weighted by Gasteiger charge is 2.38. The van der Waals surface area contributed by atoms with Crippen molar-refractivity contribution >= 4 is 37.2 Å². The molecular weight excluding hydrogens is 484 g/mol. The molecular formula is C27H36O6S2. The number of carboxylic acid groups (broad SMARTS) is 2. The van der Waals surface area contributed by atoms with Crippen LogP contribution in [0, 0.1) is 0 Å². The summed E-state index contributed by atoms with van der Waals surface area (Å²) in [4.78, 5) is 24.1. The van der Waals surface area contributed by atoms with E-state index in [2.05, 4.69) is 25.3 Å². The van der Waals surface area contributed by atoms with Crippen LogP contribution < -0.4 is 0 Å². The summed E-state index contributed by atoms with van der Waals surface area (Å²) in [5, 5.41) is 40.7. The first-order chi connectivity index (χ1) is 15.9. The van der Waals surface area contributed by atoms with Crippen LogP contribution in [-0.4, -0.2) is 32.4 Å². The lowest BCUT2D eigenvalue weighted by Crippen LogP contribution is -2.31. The molecule has 0 aromatic heterocycles. The van der Waals surface area contributed by atoms with E-state index in [1.165, 1.54) is 0 Å². The maximum Gasteiger partial charge on any atom is 0.303 e. The number of aromatic hydroxyl groups is 2. The number of carboxylic acids is 2. The van der Waals surface area contributed by atoms with E-state index >= 15 is 0 Å². The van der Waals surface area contributed by atoms with Crippen molar-refractivity contribution in [3.63, 3.8) is 0 Å². The summed E-state index contributed by atoms with van der Waals surface area (Å²) < 4.78 is 0. The van der Waals surface area contributed by atoms with Gasteiger partial charge in [0, 0.05) is 39.2 Å². The number of thiol groups is 2. The number of benzene rings is 2. The zero-order chi connectivity index (χ0) is 26.9. The molecule has 0 radical (unpaired) electrons. The Bertz CT molecular complexity index is 1040. The van der Waals surface area contributed by atoms with Crippen LogP contribution in [0.4, 0.5) is 0 Å². The minimum atomic E-state index is -1.05. The standard InChI is InChI=1S/C27H36O6S2/c1-25(2,3)17-11-15(13-19(34)23(17)32)27(9-7-21(28)29,10-8-22(30)31)16-12-18(26(4,5)6)24(33)20(35)14-16/h11-14,32-35H,7-10H2,1-6H3,(H,28,29)(H,30,31). The smallest absolute Gasteiger partial charge is 0.303 e. The molecule has 192 valence electrons. The highest BCUT2D eigenvalue weighted by Crippen LogP contribution is 2.48. The summed E-state index contributed by atoms with van der Waals surface area (Å²) in [6.07, 6.45) is -0.195. The first-order valence-corrected chi connectivity index (χ1v) is 12.4. The highest BCUT2D eigenvalue weighted by atomic mass is 32.1. The molecule has 0 spiro atoms. The molecule has 0 aliphatic carbocycles. The number of rotatable bonds is 8. The van der Waals surface area contributed by atoms with Crippen molar-refractivity contribution in [2.24, 2.45) is 0 Å². The molecule has 0 saturated heterocycles. The van der Waals surface area contributed by atoms with Crippen molar-refractivity contribution < 1.29 is 30.0 Å². The Morgan fingerprint density at radius 2 is 1.00 bits per heavy atom. The van der Waals surface area contributed by atoms with Gasteiger partial charge < -0.3 is 20.4 Å². The fourth-order valence-electron chi connectivity index (χ4n) is 4.44. The molecule has 2 aromatic rings. The lowest BCUT2D eigenvalue weighted by Gasteiger charge is -2.38.